The lowest BCUT2D eigenvalue weighted by Crippen LogP contribution is -2.14. The molecule has 3 aromatic rings. The summed E-state index contributed by atoms with van der Waals surface area (Å²) in [6, 6.07) is 12.6. The zero-order valence-corrected chi connectivity index (χ0v) is 17.2. The summed E-state index contributed by atoms with van der Waals surface area (Å²) in [5.74, 6) is 1.81. The van der Waals surface area contributed by atoms with E-state index in [1.165, 1.54) is 11.8 Å². The molecule has 1 heterocycles. The first kappa shape index (κ1) is 20.0. The van der Waals surface area contributed by atoms with Gasteiger partial charge in [0.05, 0.1) is 25.0 Å². The normalized spacial score (nSPS) is 10.6. The van der Waals surface area contributed by atoms with Crippen molar-refractivity contribution >= 4 is 35.0 Å². The number of halogens is 1. The third kappa shape index (κ3) is 4.40. The molecule has 0 spiro atoms. The molecule has 0 fully saturated rings. The summed E-state index contributed by atoms with van der Waals surface area (Å²) in [5.41, 5.74) is 1.42. The van der Waals surface area contributed by atoms with Crippen molar-refractivity contribution in [3.05, 3.63) is 47.5 Å². The molecule has 1 N–H and O–H groups in total. The van der Waals surface area contributed by atoms with Crippen molar-refractivity contribution in [2.24, 2.45) is 7.05 Å². The maximum absolute atomic E-state index is 12.3. The van der Waals surface area contributed by atoms with E-state index < -0.39 is 0 Å². The molecule has 0 saturated heterocycles. The van der Waals surface area contributed by atoms with Gasteiger partial charge in [0.1, 0.15) is 0 Å². The summed E-state index contributed by atoms with van der Waals surface area (Å²) in [6.07, 6.45) is 0. The van der Waals surface area contributed by atoms with Gasteiger partial charge < -0.3 is 19.4 Å². The average Bonchev–Trinajstić information content (AvgIpc) is 3.07. The molecular formula is C19H19ClN4O3S. The van der Waals surface area contributed by atoms with Crippen LogP contribution in [0.5, 0.6) is 11.5 Å². The highest BCUT2D eigenvalue weighted by Gasteiger charge is 2.15. The van der Waals surface area contributed by atoms with Crippen LogP contribution in [0.4, 0.5) is 5.69 Å². The van der Waals surface area contributed by atoms with Crippen molar-refractivity contribution in [3.63, 3.8) is 0 Å². The Morgan fingerprint density at radius 1 is 1.14 bits per heavy atom. The molecule has 0 atom stereocenters. The quantitative estimate of drug-likeness (QED) is 0.586. The monoisotopic (exact) mass is 418 g/mol. The molecule has 2 aromatic carbocycles. The van der Waals surface area contributed by atoms with Crippen molar-refractivity contribution < 1.29 is 14.3 Å². The van der Waals surface area contributed by atoms with Crippen molar-refractivity contribution in [2.45, 2.75) is 5.16 Å². The number of anilines is 1. The van der Waals surface area contributed by atoms with Crippen molar-refractivity contribution in [3.8, 4) is 22.9 Å². The first-order valence-corrected chi connectivity index (χ1v) is 9.68. The molecule has 0 bridgehead atoms. The maximum Gasteiger partial charge on any atom is 0.234 e. The van der Waals surface area contributed by atoms with Crippen LogP contribution in [0.3, 0.4) is 0 Å². The number of aromatic nitrogens is 3. The Morgan fingerprint density at radius 2 is 1.89 bits per heavy atom. The minimum atomic E-state index is -0.167. The Labute approximate surface area is 172 Å². The number of carbonyl (C=O) groups excluding carboxylic acids is 1. The number of amides is 1. The molecule has 0 unspecified atom stereocenters. The SMILES string of the molecule is COc1ccc(NC(=O)CSc2nnc(-c3ccccc3Cl)n2C)cc1OC. The number of thioether (sulfide) groups is 1. The average molecular weight is 419 g/mol. The first-order valence-electron chi connectivity index (χ1n) is 8.32. The number of rotatable bonds is 7. The zero-order valence-electron chi connectivity index (χ0n) is 15.6. The highest BCUT2D eigenvalue weighted by molar-refractivity contribution is 7.99. The van der Waals surface area contributed by atoms with Gasteiger partial charge in [-0.1, -0.05) is 35.5 Å². The minimum absolute atomic E-state index is 0.167. The molecule has 28 heavy (non-hydrogen) atoms. The van der Waals surface area contributed by atoms with Gasteiger partial charge in [-0.3, -0.25) is 4.79 Å². The molecule has 0 radical (unpaired) electrons. The van der Waals surface area contributed by atoms with E-state index in [2.05, 4.69) is 15.5 Å². The Balaban J connectivity index is 1.65. The molecule has 0 aliphatic carbocycles. The number of hydrogen-bond donors (Lipinski definition) is 1. The van der Waals surface area contributed by atoms with Crippen LogP contribution in [-0.4, -0.2) is 40.6 Å². The van der Waals surface area contributed by atoms with Gasteiger partial charge in [-0.05, 0) is 24.3 Å². The fourth-order valence-corrected chi connectivity index (χ4v) is 3.49. The summed E-state index contributed by atoms with van der Waals surface area (Å²) >= 11 is 7.52. The molecule has 1 amide bonds. The largest absolute Gasteiger partial charge is 0.493 e. The predicted octanol–water partition coefficient (Wildman–Crippen LogP) is 3.88. The summed E-state index contributed by atoms with van der Waals surface area (Å²) in [4.78, 5) is 12.3. The van der Waals surface area contributed by atoms with Crippen LogP contribution < -0.4 is 14.8 Å². The second kappa shape index (κ2) is 8.99. The Bertz CT molecular complexity index is 993. The van der Waals surface area contributed by atoms with Gasteiger partial charge in [-0.2, -0.15) is 0 Å². The van der Waals surface area contributed by atoms with Crippen molar-refractivity contribution in [1.82, 2.24) is 14.8 Å². The summed E-state index contributed by atoms with van der Waals surface area (Å²) in [7, 11) is 4.95. The van der Waals surface area contributed by atoms with E-state index in [9.17, 15) is 4.79 Å². The third-order valence-electron chi connectivity index (χ3n) is 3.95. The molecule has 0 aliphatic rings. The van der Waals surface area contributed by atoms with Gasteiger partial charge in [-0.15, -0.1) is 10.2 Å². The van der Waals surface area contributed by atoms with Crippen LogP contribution in [0.25, 0.3) is 11.4 Å². The second-order valence-electron chi connectivity index (χ2n) is 5.75. The zero-order chi connectivity index (χ0) is 20.1. The molecule has 0 saturated carbocycles. The van der Waals surface area contributed by atoms with Gasteiger partial charge in [0.2, 0.25) is 5.91 Å². The number of carbonyl (C=O) groups is 1. The Morgan fingerprint density at radius 3 is 2.61 bits per heavy atom. The summed E-state index contributed by atoms with van der Waals surface area (Å²) in [6.45, 7) is 0. The minimum Gasteiger partial charge on any atom is -0.493 e. The second-order valence-corrected chi connectivity index (χ2v) is 7.10. The standard InChI is InChI=1S/C19H19ClN4O3S/c1-24-18(13-6-4-5-7-14(13)20)22-23-19(24)28-11-17(25)21-12-8-9-15(26-2)16(10-12)27-3/h4-10H,11H2,1-3H3,(H,21,25). The molecule has 9 heteroatoms. The van der Waals surface area contributed by atoms with Crippen LogP contribution in [0.1, 0.15) is 0 Å². The van der Waals surface area contributed by atoms with E-state index in [-0.39, 0.29) is 11.7 Å². The van der Waals surface area contributed by atoms with E-state index in [0.29, 0.717) is 33.2 Å². The number of methoxy groups -OCH3 is 2. The number of ether oxygens (including phenoxy) is 2. The van der Waals surface area contributed by atoms with Gasteiger partial charge >= 0.3 is 0 Å². The highest BCUT2D eigenvalue weighted by Crippen LogP contribution is 2.30. The summed E-state index contributed by atoms with van der Waals surface area (Å²) in [5, 5.41) is 12.4. The predicted molar refractivity (Wildman–Crippen MR) is 110 cm³/mol. The number of nitrogens with zero attached hydrogens (tertiary/aromatic N) is 3. The number of benzene rings is 2. The molecular weight excluding hydrogens is 400 g/mol. The van der Waals surface area contributed by atoms with E-state index in [1.807, 2.05) is 29.8 Å². The smallest absolute Gasteiger partial charge is 0.234 e. The maximum atomic E-state index is 12.3. The van der Waals surface area contributed by atoms with Crippen molar-refractivity contribution in [2.75, 3.05) is 25.3 Å². The van der Waals surface area contributed by atoms with E-state index in [1.54, 1.807) is 38.5 Å². The van der Waals surface area contributed by atoms with E-state index in [4.69, 9.17) is 21.1 Å². The first-order chi connectivity index (χ1) is 13.5. The lowest BCUT2D eigenvalue weighted by molar-refractivity contribution is -0.113. The third-order valence-corrected chi connectivity index (χ3v) is 5.30. The molecule has 7 nitrogen and oxygen atoms in total. The van der Waals surface area contributed by atoms with E-state index in [0.717, 1.165) is 5.56 Å². The van der Waals surface area contributed by atoms with E-state index >= 15 is 0 Å². The Hall–Kier alpha value is -2.71. The van der Waals surface area contributed by atoms with Crippen LogP contribution in [-0.2, 0) is 11.8 Å². The number of nitrogens with one attached hydrogen (secondary N) is 1. The Kier molecular flexibility index (Phi) is 6.43. The molecule has 3 rings (SSSR count). The van der Waals surface area contributed by atoms with Crippen molar-refractivity contribution in [1.29, 1.82) is 0 Å². The van der Waals surface area contributed by atoms with Gasteiger partial charge in [0.15, 0.2) is 22.5 Å². The van der Waals surface area contributed by atoms with Crippen LogP contribution in [0, 0.1) is 0 Å². The van der Waals surface area contributed by atoms with Crippen LogP contribution in [0.2, 0.25) is 5.02 Å². The highest BCUT2D eigenvalue weighted by atomic mass is 35.5. The number of hydrogen-bond acceptors (Lipinski definition) is 6. The topological polar surface area (TPSA) is 78.3 Å². The fourth-order valence-electron chi connectivity index (χ4n) is 2.56. The van der Waals surface area contributed by atoms with Crippen LogP contribution in [0.15, 0.2) is 47.6 Å². The summed E-state index contributed by atoms with van der Waals surface area (Å²) < 4.78 is 12.3. The van der Waals surface area contributed by atoms with Gasteiger partial charge in [0.25, 0.3) is 0 Å². The van der Waals surface area contributed by atoms with Gasteiger partial charge in [-0.25, -0.2) is 0 Å². The lowest BCUT2D eigenvalue weighted by atomic mass is 10.2. The molecule has 0 aliphatic heterocycles. The van der Waals surface area contributed by atoms with Gasteiger partial charge in [0, 0.05) is 24.4 Å². The van der Waals surface area contributed by atoms with Crippen LogP contribution >= 0.6 is 23.4 Å². The lowest BCUT2D eigenvalue weighted by Gasteiger charge is -2.10. The molecule has 146 valence electrons. The fraction of sp³-hybridized carbons (Fsp3) is 0.211. The molecule has 1 aromatic heterocycles.